The molecule has 0 radical (unpaired) electrons. The van der Waals surface area contributed by atoms with Crippen molar-refractivity contribution in [1.82, 2.24) is 0 Å². The number of hydrogen-bond donors (Lipinski definition) is 1. The number of benzene rings is 1. The third-order valence-corrected chi connectivity index (χ3v) is 2.74. The predicted octanol–water partition coefficient (Wildman–Crippen LogP) is 2.11. The first-order valence-corrected chi connectivity index (χ1v) is 4.69. The standard InChI is InChI=1S/C8H6INO4/c1-4(11)5-2-6(10(13)14)8(9)7(12)3-5/h2-3,12H,1H3. The van der Waals surface area contributed by atoms with E-state index in [0.29, 0.717) is 0 Å². The summed E-state index contributed by atoms with van der Waals surface area (Å²) < 4.78 is 0.137. The molecule has 0 spiro atoms. The minimum atomic E-state index is -0.631. The molecule has 1 aromatic rings. The highest BCUT2D eigenvalue weighted by atomic mass is 127. The molecule has 0 unspecified atom stereocenters. The molecule has 0 atom stereocenters. The fourth-order valence-electron chi connectivity index (χ4n) is 0.930. The van der Waals surface area contributed by atoms with Gasteiger partial charge in [-0.25, -0.2) is 0 Å². The van der Waals surface area contributed by atoms with Crippen molar-refractivity contribution in [3.63, 3.8) is 0 Å². The van der Waals surface area contributed by atoms with Gasteiger partial charge in [-0.15, -0.1) is 0 Å². The van der Waals surface area contributed by atoms with Gasteiger partial charge in [0.1, 0.15) is 9.32 Å². The molecule has 0 aliphatic carbocycles. The van der Waals surface area contributed by atoms with E-state index in [2.05, 4.69) is 0 Å². The summed E-state index contributed by atoms with van der Waals surface area (Å²) in [5.74, 6) is -0.565. The zero-order valence-electron chi connectivity index (χ0n) is 7.15. The van der Waals surface area contributed by atoms with Gasteiger partial charge in [0.25, 0.3) is 5.69 Å². The van der Waals surface area contributed by atoms with Crippen LogP contribution in [0.5, 0.6) is 5.75 Å². The molecule has 0 aliphatic heterocycles. The molecule has 0 saturated carbocycles. The molecule has 0 fully saturated rings. The monoisotopic (exact) mass is 307 g/mol. The lowest BCUT2D eigenvalue weighted by Gasteiger charge is -2.01. The van der Waals surface area contributed by atoms with Gasteiger partial charge in [-0.3, -0.25) is 14.9 Å². The van der Waals surface area contributed by atoms with Gasteiger partial charge in [-0.2, -0.15) is 0 Å². The lowest BCUT2D eigenvalue weighted by molar-refractivity contribution is -0.385. The SMILES string of the molecule is CC(=O)c1cc(O)c(I)c([N+](=O)[O-])c1. The van der Waals surface area contributed by atoms with Crippen molar-refractivity contribution >= 4 is 34.1 Å². The molecule has 5 nitrogen and oxygen atoms in total. The van der Waals surface area contributed by atoms with Crippen molar-refractivity contribution in [3.05, 3.63) is 31.4 Å². The molecular weight excluding hydrogens is 301 g/mol. The molecular formula is C8H6INO4. The summed E-state index contributed by atoms with van der Waals surface area (Å²) in [6, 6.07) is 2.38. The number of aromatic hydroxyl groups is 1. The number of nitro groups is 1. The molecule has 0 aliphatic rings. The van der Waals surface area contributed by atoms with Gasteiger partial charge in [-0.05, 0) is 35.6 Å². The maximum Gasteiger partial charge on any atom is 0.287 e. The first-order chi connectivity index (χ1) is 6.43. The van der Waals surface area contributed by atoms with Crippen LogP contribution in [0.25, 0.3) is 0 Å². The van der Waals surface area contributed by atoms with Crippen LogP contribution in [-0.4, -0.2) is 15.8 Å². The molecule has 0 aromatic heterocycles. The molecule has 0 amide bonds. The van der Waals surface area contributed by atoms with Crippen molar-refractivity contribution in [3.8, 4) is 5.75 Å². The Morgan fingerprint density at radius 3 is 2.57 bits per heavy atom. The Balaban J connectivity index is 3.43. The maximum atomic E-state index is 10.9. The first-order valence-electron chi connectivity index (χ1n) is 3.61. The number of nitrogens with zero attached hydrogens (tertiary/aromatic N) is 1. The van der Waals surface area contributed by atoms with Crippen LogP contribution in [0.1, 0.15) is 17.3 Å². The Kier molecular flexibility index (Phi) is 3.04. The molecule has 6 heteroatoms. The van der Waals surface area contributed by atoms with Crippen LogP contribution < -0.4 is 0 Å². The summed E-state index contributed by atoms with van der Waals surface area (Å²) in [6.07, 6.45) is 0. The highest BCUT2D eigenvalue weighted by molar-refractivity contribution is 14.1. The fourth-order valence-corrected chi connectivity index (χ4v) is 1.44. The van der Waals surface area contributed by atoms with Gasteiger partial charge >= 0.3 is 0 Å². The minimum Gasteiger partial charge on any atom is -0.507 e. The van der Waals surface area contributed by atoms with Crippen LogP contribution in [-0.2, 0) is 0 Å². The van der Waals surface area contributed by atoms with Crippen LogP contribution in [0.3, 0.4) is 0 Å². The Labute approximate surface area is 93.0 Å². The molecule has 0 saturated heterocycles. The van der Waals surface area contributed by atoms with Crippen LogP contribution in [0.4, 0.5) is 5.69 Å². The molecule has 1 rings (SSSR count). The zero-order valence-corrected chi connectivity index (χ0v) is 9.31. The number of nitro benzene ring substituents is 1. The highest BCUT2D eigenvalue weighted by Gasteiger charge is 2.18. The van der Waals surface area contributed by atoms with Gasteiger partial charge in [0.15, 0.2) is 5.78 Å². The van der Waals surface area contributed by atoms with Gasteiger partial charge in [0.2, 0.25) is 0 Å². The second-order valence-corrected chi connectivity index (χ2v) is 3.72. The number of phenols is 1. The average Bonchev–Trinajstić information content (AvgIpc) is 2.08. The molecule has 74 valence electrons. The normalized spacial score (nSPS) is 9.86. The van der Waals surface area contributed by atoms with E-state index in [1.807, 2.05) is 0 Å². The Hall–Kier alpha value is -1.18. The van der Waals surface area contributed by atoms with Crippen LogP contribution in [0, 0.1) is 13.7 Å². The van der Waals surface area contributed by atoms with Crippen molar-refractivity contribution in [2.45, 2.75) is 6.92 Å². The fraction of sp³-hybridized carbons (Fsp3) is 0.125. The number of phenolic OH excluding ortho intramolecular Hbond substituents is 1. The zero-order chi connectivity index (χ0) is 10.9. The van der Waals surface area contributed by atoms with Crippen molar-refractivity contribution in [2.75, 3.05) is 0 Å². The molecule has 1 aromatic carbocycles. The summed E-state index contributed by atoms with van der Waals surface area (Å²) >= 11 is 1.66. The smallest absolute Gasteiger partial charge is 0.287 e. The van der Waals surface area contributed by atoms with E-state index in [0.717, 1.165) is 6.07 Å². The van der Waals surface area contributed by atoms with Crippen LogP contribution >= 0.6 is 22.6 Å². The lowest BCUT2D eigenvalue weighted by Crippen LogP contribution is -1.97. The van der Waals surface area contributed by atoms with E-state index in [-0.39, 0.29) is 26.4 Å². The number of hydrogen-bond acceptors (Lipinski definition) is 4. The largest absolute Gasteiger partial charge is 0.507 e. The second-order valence-electron chi connectivity index (χ2n) is 2.64. The summed E-state index contributed by atoms with van der Waals surface area (Å²) in [6.45, 7) is 1.28. The van der Waals surface area contributed by atoms with E-state index in [1.165, 1.54) is 13.0 Å². The number of carbonyl (C=O) groups excluding carboxylic acids is 1. The molecule has 14 heavy (non-hydrogen) atoms. The topological polar surface area (TPSA) is 80.4 Å². The molecule has 0 bridgehead atoms. The predicted molar refractivity (Wildman–Crippen MR) is 57.5 cm³/mol. The first kappa shape index (κ1) is 10.9. The third-order valence-electron chi connectivity index (χ3n) is 1.64. The van der Waals surface area contributed by atoms with E-state index in [1.54, 1.807) is 22.6 Å². The van der Waals surface area contributed by atoms with Crippen LogP contribution in [0.15, 0.2) is 12.1 Å². The summed E-state index contributed by atoms with van der Waals surface area (Å²) in [7, 11) is 0. The number of Topliss-reactive ketones (excluding diaryl/α,β-unsaturated/α-hetero) is 1. The highest BCUT2D eigenvalue weighted by Crippen LogP contribution is 2.30. The van der Waals surface area contributed by atoms with E-state index < -0.39 is 4.92 Å². The summed E-state index contributed by atoms with van der Waals surface area (Å²) in [5.41, 5.74) is -0.120. The van der Waals surface area contributed by atoms with E-state index in [4.69, 9.17) is 0 Å². The van der Waals surface area contributed by atoms with Crippen LogP contribution in [0.2, 0.25) is 0 Å². The van der Waals surface area contributed by atoms with Crippen molar-refractivity contribution < 1.29 is 14.8 Å². The van der Waals surface area contributed by atoms with E-state index >= 15 is 0 Å². The van der Waals surface area contributed by atoms with Gasteiger partial charge in [0.05, 0.1) is 4.92 Å². The third kappa shape index (κ3) is 2.00. The summed E-state index contributed by atoms with van der Waals surface area (Å²) in [5, 5.41) is 19.8. The summed E-state index contributed by atoms with van der Waals surface area (Å²) in [4.78, 5) is 20.8. The number of carbonyl (C=O) groups is 1. The quantitative estimate of drug-likeness (QED) is 0.393. The number of rotatable bonds is 2. The van der Waals surface area contributed by atoms with Gasteiger partial charge in [0, 0.05) is 11.6 Å². The average molecular weight is 307 g/mol. The van der Waals surface area contributed by atoms with E-state index in [9.17, 15) is 20.0 Å². The second kappa shape index (κ2) is 3.91. The Morgan fingerprint density at radius 1 is 1.57 bits per heavy atom. The molecule has 1 N–H and O–H groups in total. The van der Waals surface area contributed by atoms with Crippen molar-refractivity contribution in [1.29, 1.82) is 0 Å². The van der Waals surface area contributed by atoms with Gasteiger partial charge in [-0.1, -0.05) is 0 Å². The minimum absolute atomic E-state index is 0.134. The maximum absolute atomic E-state index is 10.9. The lowest BCUT2D eigenvalue weighted by atomic mass is 10.1. The van der Waals surface area contributed by atoms with Gasteiger partial charge < -0.3 is 5.11 Å². The van der Waals surface area contributed by atoms with Crippen molar-refractivity contribution in [2.24, 2.45) is 0 Å². The Bertz CT molecular complexity index is 416. The number of halogens is 1. The molecule has 0 heterocycles. The number of ketones is 1. The Morgan fingerprint density at radius 2 is 2.14 bits per heavy atom.